The van der Waals surface area contributed by atoms with Crippen LogP contribution in [-0.4, -0.2) is 40.7 Å². The SMILES string of the molecule is CCCCNC(=O)ONC(=O)Cc1ccc2c(C(=O)O)c(N)c(C(=O)O)c-2cc1. The number of anilines is 1. The van der Waals surface area contributed by atoms with Crippen molar-refractivity contribution in [2.24, 2.45) is 0 Å². The zero-order valence-corrected chi connectivity index (χ0v) is 15.7. The van der Waals surface area contributed by atoms with Crippen LogP contribution in [0.1, 0.15) is 46.0 Å². The predicted octanol–water partition coefficient (Wildman–Crippen LogP) is 1.87. The summed E-state index contributed by atoms with van der Waals surface area (Å²) in [6.07, 6.45) is 0.713. The number of hydrogen-bond donors (Lipinski definition) is 5. The van der Waals surface area contributed by atoms with Crippen molar-refractivity contribution in [1.29, 1.82) is 0 Å². The first-order valence-corrected chi connectivity index (χ1v) is 8.80. The summed E-state index contributed by atoms with van der Waals surface area (Å²) in [5.41, 5.74) is 7.51. The number of carboxylic acid groups (broad SMARTS) is 2. The number of aromatic carboxylic acids is 2. The summed E-state index contributed by atoms with van der Waals surface area (Å²) in [7, 11) is 0. The molecule has 29 heavy (non-hydrogen) atoms. The quantitative estimate of drug-likeness (QED) is 0.345. The molecule has 2 aliphatic carbocycles. The number of rotatable bonds is 7. The van der Waals surface area contributed by atoms with Gasteiger partial charge in [-0.15, -0.1) is 0 Å². The first kappa shape index (κ1) is 21.5. The topological polar surface area (TPSA) is 168 Å². The normalized spacial score (nSPS) is 10.4. The van der Waals surface area contributed by atoms with Gasteiger partial charge in [-0.1, -0.05) is 37.6 Å². The van der Waals surface area contributed by atoms with Crippen molar-refractivity contribution >= 4 is 29.6 Å². The van der Waals surface area contributed by atoms with E-state index >= 15 is 0 Å². The fourth-order valence-corrected chi connectivity index (χ4v) is 2.77. The van der Waals surface area contributed by atoms with Gasteiger partial charge in [0.15, 0.2) is 0 Å². The highest BCUT2D eigenvalue weighted by atomic mass is 16.7. The number of nitrogen functional groups attached to an aromatic ring is 1. The number of unbranched alkanes of at least 4 members (excludes halogenated alkanes) is 1. The minimum absolute atomic E-state index is 0.144. The Labute approximate surface area is 165 Å². The van der Waals surface area contributed by atoms with Crippen LogP contribution in [0.15, 0.2) is 24.3 Å². The van der Waals surface area contributed by atoms with E-state index in [0.717, 1.165) is 12.8 Å². The molecule has 2 aliphatic rings. The number of carbonyl (C=O) groups excluding carboxylic acids is 2. The molecule has 0 saturated heterocycles. The standard InChI is InChI=1S/C19H21N3O7/c1-2-3-8-21-19(28)29-22-13(23)9-10-4-6-11-12(7-5-10)15(18(26)27)16(20)14(11)17(24)25/h4-7H,2-3,8-9,20H2,1H3,(H,21,28)(H,22,23)(H,24,25)(H,26,27). The molecular formula is C19H21N3O7. The Morgan fingerprint density at radius 3 is 2.03 bits per heavy atom. The number of carbonyl (C=O) groups is 4. The summed E-state index contributed by atoms with van der Waals surface area (Å²) >= 11 is 0. The van der Waals surface area contributed by atoms with Crippen molar-refractivity contribution in [3.05, 3.63) is 41.0 Å². The highest BCUT2D eigenvalue weighted by Gasteiger charge is 2.28. The second kappa shape index (κ2) is 9.40. The van der Waals surface area contributed by atoms with Gasteiger partial charge >= 0.3 is 18.0 Å². The van der Waals surface area contributed by atoms with Gasteiger partial charge in [-0.25, -0.2) is 14.4 Å². The molecule has 0 aromatic rings. The van der Waals surface area contributed by atoms with E-state index in [-0.39, 0.29) is 34.4 Å². The van der Waals surface area contributed by atoms with E-state index in [0.29, 0.717) is 12.1 Å². The molecule has 0 aliphatic heterocycles. The predicted molar refractivity (Wildman–Crippen MR) is 103 cm³/mol. The molecule has 0 aromatic heterocycles. The maximum atomic E-state index is 12.0. The molecule has 0 aromatic carbocycles. The number of hydrogen-bond acceptors (Lipinski definition) is 6. The molecule has 0 fully saturated rings. The maximum Gasteiger partial charge on any atom is 0.431 e. The molecule has 6 N–H and O–H groups in total. The number of fused-ring (bicyclic) bond motifs is 1. The summed E-state index contributed by atoms with van der Waals surface area (Å²) < 4.78 is 0. The van der Waals surface area contributed by atoms with Gasteiger partial charge in [0, 0.05) is 6.54 Å². The van der Waals surface area contributed by atoms with Crippen LogP contribution in [0.2, 0.25) is 0 Å². The molecule has 0 spiro atoms. The van der Waals surface area contributed by atoms with Crippen LogP contribution in [0, 0.1) is 0 Å². The van der Waals surface area contributed by atoms with Crippen molar-refractivity contribution in [2.75, 3.05) is 12.3 Å². The van der Waals surface area contributed by atoms with Crippen LogP contribution < -0.4 is 16.5 Å². The molecule has 0 bridgehead atoms. The van der Waals surface area contributed by atoms with Crippen molar-refractivity contribution in [3.8, 4) is 11.1 Å². The lowest BCUT2D eigenvalue weighted by Gasteiger charge is -2.06. The number of hydroxylamine groups is 1. The number of nitrogens with two attached hydrogens (primary N) is 1. The summed E-state index contributed by atoms with van der Waals surface area (Å²) in [4.78, 5) is 51.0. The lowest BCUT2D eigenvalue weighted by Crippen LogP contribution is -2.34. The summed E-state index contributed by atoms with van der Waals surface area (Å²) in [5, 5.41) is 21.2. The van der Waals surface area contributed by atoms with Gasteiger partial charge < -0.3 is 26.1 Å². The summed E-state index contributed by atoms with van der Waals surface area (Å²) in [5.74, 6) is -3.32. The molecule has 10 heteroatoms. The van der Waals surface area contributed by atoms with E-state index in [2.05, 4.69) is 10.2 Å². The van der Waals surface area contributed by atoms with Gasteiger partial charge in [-0.2, -0.15) is 5.48 Å². The van der Waals surface area contributed by atoms with E-state index in [1.807, 2.05) is 12.4 Å². The zero-order chi connectivity index (χ0) is 21.6. The second-order valence-electron chi connectivity index (χ2n) is 6.21. The molecule has 2 rings (SSSR count). The van der Waals surface area contributed by atoms with Gasteiger partial charge in [-0.05, 0) is 23.1 Å². The third-order valence-electron chi connectivity index (χ3n) is 4.15. The molecule has 0 heterocycles. The first-order valence-electron chi connectivity index (χ1n) is 8.80. The van der Waals surface area contributed by atoms with Crippen LogP contribution in [-0.2, 0) is 16.1 Å². The highest BCUT2D eigenvalue weighted by molar-refractivity contribution is 6.14. The number of carboxylic acids is 2. The molecular weight excluding hydrogens is 382 g/mol. The fraction of sp³-hybridized carbons (Fsp3) is 0.263. The van der Waals surface area contributed by atoms with Crippen LogP contribution in [0.3, 0.4) is 0 Å². The van der Waals surface area contributed by atoms with Crippen LogP contribution in [0.4, 0.5) is 10.5 Å². The van der Waals surface area contributed by atoms with Crippen molar-refractivity contribution in [1.82, 2.24) is 10.8 Å². The molecule has 10 nitrogen and oxygen atoms in total. The Hall–Kier alpha value is -3.82. The van der Waals surface area contributed by atoms with E-state index < -0.39 is 23.9 Å². The average Bonchev–Trinajstić information content (AvgIpc) is 2.80. The second-order valence-corrected chi connectivity index (χ2v) is 6.21. The monoisotopic (exact) mass is 403 g/mol. The minimum Gasteiger partial charge on any atom is -0.478 e. The fourth-order valence-electron chi connectivity index (χ4n) is 2.77. The molecule has 0 saturated carbocycles. The lowest BCUT2D eigenvalue weighted by atomic mass is 10.1. The van der Waals surface area contributed by atoms with Gasteiger partial charge in [-0.3, -0.25) is 4.79 Å². The Bertz CT molecular complexity index is 875. The highest BCUT2D eigenvalue weighted by Crippen LogP contribution is 2.38. The molecule has 2 amide bonds. The Kier molecular flexibility index (Phi) is 6.96. The Balaban J connectivity index is 2.16. The molecule has 154 valence electrons. The number of nitrogens with one attached hydrogen (secondary N) is 2. The Morgan fingerprint density at radius 1 is 1.00 bits per heavy atom. The smallest absolute Gasteiger partial charge is 0.431 e. The number of amides is 2. The molecule has 0 unspecified atom stereocenters. The molecule has 0 radical (unpaired) electrons. The van der Waals surface area contributed by atoms with Gasteiger partial charge in [0.25, 0.3) is 5.91 Å². The first-order chi connectivity index (χ1) is 13.8. The maximum absolute atomic E-state index is 12.0. The summed E-state index contributed by atoms with van der Waals surface area (Å²) in [6.45, 7) is 2.39. The third-order valence-corrected chi connectivity index (χ3v) is 4.15. The van der Waals surface area contributed by atoms with Gasteiger partial charge in [0.05, 0.1) is 23.2 Å². The van der Waals surface area contributed by atoms with Gasteiger partial charge in [0.2, 0.25) is 0 Å². The zero-order valence-electron chi connectivity index (χ0n) is 15.7. The summed E-state index contributed by atoms with van der Waals surface area (Å²) in [6, 6.07) is 5.73. The van der Waals surface area contributed by atoms with Crippen molar-refractivity contribution in [2.45, 2.75) is 26.2 Å². The third kappa shape index (κ3) is 5.12. The van der Waals surface area contributed by atoms with E-state index in [1.54, 1.807) is 0 Å². The average molecular weight is 403 g/mol. The van der Waals surface area contributed by atoms with Crippen molar-refractivity contribution in [3.63, 3.8) is 0 Å². The van der Waals surface area contributed by atoms with Crippen LogP contribution in [0.25, 0.3) is 11.1 Å². The largest absolute Gasteiger partial charge is 0.478 e. The molecule has 0 atom stereocenters. The van der Waals surface area contributed by atoms with E-state index in [9.17, 15) is 29.4 Å². The van der Waals surface area contributed by atoms with E-state index in [4.69, 9.17) is 5.73 Å². The van der Waals surface area contributed by atoms with Crippen LogP contribution >= 0.6 is 0 Å². The van der Waals surface area contributed by atoms with E-state index in [1.165, 1.54) is 24.3 Å². The van der Waals surface area contributed by atoms with Crippen molar-refractivity contribution < 1.29 is 34.2 Å². The van der Waals surface area contributed by atoms with Crippen LogP contribution in [0.5, 0.6) is 0 Å². The minimum atomic E-state index is -1.35. The lowest BCUT2D eigenvalue weighted by molar-refractivity contribution is -0.128. The Morgan fingerprint density at radius 2 is 1.55 bits per heavy atom. The van der Waals surface area contributed by atoms with Gasteiger partial charge in [0.1, 0.15) is 0 Å².